The average Bonchev–Trinajstić information content (AvgIpc) is 2.46. The second kappa shape index (κ2) is 6.93. The summed E-state index contributed by atoms with van der Waals surface area (Å²) in [5.74, 6) is -0.631. The molecule has 0 atom stereocenters. The Hall–Kier alpha value is -1.86. The summed E-state index contributed by atoms with van der Waals surface area (Å²) in [6.45, 7) is 5.38. The maximum Gasteiger partial charge on any atom is 0.338 e. The van der Waals surface area contributed by atoms with Gasteiger partial charge in [0.1, 0.15) is 5.69 Å². The van der Waals surface area contributed by atoms with Gasteiger partial charge < -0.3 is 14.4 Å². The topological polar surface area (TPSA) is 81.9 Å². The van der Waals surface area contributed by atoms with Gasteiger partial charge in [-0.05, 0) is 19.9 Å². The van der Waals surface area contributed by atoms with Crippen LogP contribution in [0, 0.1) is 10.1 Å². The molecule has 2 rings (SSSR count). The maximum absolute atomic E-state index is 11.9. The first-order chi connectivity index (χ1) is 10.4. The van der Waals surface area contributed by atoms with Crippen LogP contribution in [0.5, 0.6) is 0 Å². The van der Waals surface area contributed by atoms with E-state index in [1.165, 1.54) is 12.1 Å². The van der Waals surface area contributed by atoms with Gasteiger partial charge in [-0.2, -0.15) is 0 Å². The van der Waals surface area contributed by atoms with E-state index in [0.29, 0.717) is 32.0 Å². The van der Waals surface area contributed by atoms with Crippen molar-refractivity contribution >= 4 is 28.9 Å². The zero-order valence-corrected chi connectivity index (χ0v) is 13.1. The summed E-state index contributed by atoms with van der Waals surface area (Å²) >= 11 is 6.20. The molecule has 0 bridgehead atoms. The number of morpholine rings is 1. The molecule has 1 saturated heterocycles. The van der Waals surface area contributed by atoms with E-state index >= 15 is 0 Å². The Morgan fingerprint density at radius 3 is 2.59 bits per heavy atom. The lowest BCUT2D eigenvalue weighted by Crippen LogP contribution is -2.36. The van der Waals surface area contributed by atoms with Crippen molar-refractivity contribution in [3.63, 3.8) is 0 Å². The van der Waals surface area contributed by atoms with Crippen LogP contribution in [0.1, 0.15) is 24.2 Å². The van der Waals surface area contributed by atoms with Crippen LogP contribution in [-0.2, 0) is 9.47 Å². The summed E-state index contributed by atoms with van der Waals surface area (Å²) in [5, 5.41) is 11.5. The van der Waals surface area contributed by atoms with Gasteiger partial charge in [-0.1, -0.05) is 11.6 Å². The number of esters is 1. The van der Waals surface area contributed by atoms with Crippen LogP contribution in [0.3, 0.4) is 0 Å². The first kappa shape index (κ1) is 16.5. The lowest BCUT2D eigenvalue weighted by atomic mass is 10.1. The molecule has 0 N–H and O–H groups in total. The quantitative estimate of drug-likeness (QED) is 0.480. The Bertz CT molecular complexity index is 585. The third-order valence-electron chi connectivity index (χ3n) is 3.15. The number of carbonyl (C=O) groups excluding carboxylic acids is 1. The molecule has 1 aliphatic heterocycles. The first-order valence-corrected chi connectivity index (χ1v) is 7.29. The summed E-state index contributed by atoms with van der Waals surface area (Å²) < 4.78 is 10.3. The molecular formula is C14H17ClN2O5. The first-order valence-electron chi connectivity index (χ1n) is 6.91. The molecule has 1 aliphatic rings. The molecule has 1 aromatic rings. The summed E-state index contributed by atoms with van der Waals surface area (Å²) in [6, 6.07) is 2.62. The normalized spacial score (nSPS) is 15.0. The molecule has 0 unspecified atom stereocenters. The van der Waals surface area contributed by atoms with Crippen LogP contribution in [0.2, 0.25) is 5.02 Å². The molecule has 0 aliphatic carbocycles. The number of halogens is 1. The van der Waals surface area contributed by atoms with E-state index in [9.17, 15) is 14.9 Å². The predicted molar refractivity (Wildman–Crippen MR) is 81.7 cm³/mol. The van der Waals surface area contributed by atoms with Gasteiger partial charge >= 0.3 is 5.97 Å². The molecule has 1 fully saturated rings. The molecule has 0 aromatic heterocycles. The van der Waals surface area contributed by atoms with Crippen LogP contribution in [0.15, 0.2) is 12.1 Å². The fourth-order valence-electron chi connectivity index (χ4n) is 2.22. The Balaban J connectivity index is 2.42. The summed E-state index contributed by atoms with van der Waals surface area (Å²) in [7, 11) is 0. The largest absolute Gasteiger partial charge is 0.459 e. The Kier molecular flexibility index (Phi) is 5.20. The molecule has 0 radical (unpaired) electrons. The standard InChI is InChI=1S/C14H17ClN2O5/c1-9(2)22-14(18)10-7-11(15)13(12(8-10)17(19)20)16-3-5-21-6-4-16/h7-9H,3-6H2,1-2H3. The molecule has 0 spiro atoms. The highest BCUT2D eigenvalue weighted by atomic mass is 35.5. The average molecular weight is 329 g/mol. The van der Waals surface area contributed by atoms with Gasteiger partial charge in [-0.15, -0.1) is 0 Å². The molecular weight excluding hydrogens is 312 g/mol. The van der Waals surface area contributed by atoms with E-state index in [0.717, 1.165) is 0 Å². The minimum Gasteiger partial charge on any atom is -0.459 e. The summed E-state index contributed by atoms with van der Waals surface area (Å²) in [5.41, 5.74) is 0.184. The minimum absolute atomic E-state index is 0.0717. The van der Waals surface area contributed by atoms with Crippen molar-refractivity contribution in [2.75, 3.05) is 31.2 Å². The van der Waals surface area contributed by atoms with Gasteiger partial charge in [0.25, 0.3) is 5.69 Å². The van der Waals surface area contributed by atoms with E-state index in [1.807, 2.05) is 0 Å². The third kappa shape index (κ3) is 3.66. The second-order valence-electron chi connectivity index (χ2n) is 5.14. The molecule has 1 heterocycles. The number of ether oxygens (including phenoxy) is 2. The van der Waals surface area contributed by atoms with Crippen molar-refractivity contribution < 1.29 is 19.2 Å². The number of carbonyl (C=O) groups is 1. The predicted octanol–water partition coefficient (Wildman–Crippen LogP) is 2.65. The van der Waals surface area contributed by atoms with Crippen molar-refractivity contribution in [1.29, 1.82) is 0 Å². The summed E-state index contributed by atoms with van der Waals surface area (Å²) in [4.78, 5) is 24.5. The lowest BCUT2D eigenvalue weighted by Gasteiger charge is -2.29. The highest BCUT2D eigenvalue weighted by Gasteiger charge is 2.27. The highest BCUT2D eigenvalue weighted by Crippen LogP contribution is 2.37. The SMILES string of the molecule is CC(C)OC(=O)c1cc(Cl)c(N2CCOCC2)c([N+](=O)[O-])c1. The van der Waals surface area contributed by atoms with Crippen LogP contribution >= 0.6 is 11.6 Å². The van der Waals surface area contributed by atoms with Crippen molar-refractivity contribution in [3.8, 4) is 0 Å². The van der Waals surface area contributed by atoms with E-state index in [4.69, 9.17) is 21.1 Å². The summed E-state index contributed by atoms with van der Waals surface area (Å²) in [6.07, 6.45) is -0.316. The van der Waals surface area contributed by atoms with E-state index in [1.54, 1.807) is 18.7 Å². The Morgan fingerprint density at radius 1 is 1.41 bits per heavy atom. The Morgan fingerprint density at radius 2 is 2.05 bits per heavy atom. The zero-order valence-electron chi connectivity index (χ0n) is 12.4. The number of hydrogen-bond donors (Lipinski definition) is 0. The zero-order chi connectivity index (χ0) is 16.3. The number of nitro groups is 1. The number of nitro benzene ring substituents is 1. The van der Waals surface area contributed by atoms with Crippen molar-refractivity contribution in [2.24, 2.45) is 0 Å². The van der Waals surface area contributed by atoms with E-state index < -0.39 is 10.9 Å². The van der Waals surface area contributed by atoms with Gasteiger partial charge in [0, 0.05) is 19.2 Å². The van der Waals surface area contributed by atoms with Crippen LogP contribution in [-0.4, -0.2) is 43.3 Å². The Labute approximate surface area is 132 Å². The van der Waals surface area contributed by atoms with E-state index in [-0.39, 0.29) is 22.4 Å². The second-order valence-corrected chi connectivity index (χ2v) is 5.54. The number of nitrogens with zero attached hydrogens (tertiary/aromatic N) is 2. The molecule has 22 heavy (non-hydrogen) atoms. The van der Waals surface area contributed by atoms with Crippen molar-refractivity contribution in [1.82, 2.24) is 0 Å². The monoisotopic (exact) mass is 328 g/mol. The highest BCUT2D eigenvalue weighted by molar-refractivity contribution is 6.34. The molecule has 8 heteroatoms. The maximum atomic E-state index is 11.9. The molecule has 1 aromatic carbocycles. The van der Waals surface area contributed by atoms with Crippen molar-refractivity contribution in [3.05, 3.63) is 32.8 Å². The van der Waals surface area contributed by atoms with Crippen molar-refractivity contribution in [2.45, 2.75) is 20.0 Å². The fraction of sp³-hybridized carbons (Fsp3) is 0.500. The van der Waals surface area contributed by atoms with Gasteiger partial charge in [0.15, 0.2) is 0 Å². The third-order valence-corrected chi connectivity index (χ3v) is 3.43. The minimum atomic E-state index is -0.631. The van der Waals surface area contributed by atoms with E-state index in [2.05, 4.69) is 0 Å². The molecule has 0 saturated carbocycles. The number of hydrogen-bond acceptors (Lipinski definition) is 6. The lowest BCUT2D eigenvalue weighted by molar-refractivity contribution is -0.384. The number of anilines is 1. The van der Waals surface area contributed by atoms with Crippen LogP contribution in [0.25, 0.3) is 0 Å². The van der Waals surface area contributed by atoms with Gasteiger partial charge in [0.05, 0.1) is 34.8 Å². The van der Waals surface area contributed by atoms with Gasteiger partial charge in [-0.3, -0.25) is 10.1 Å². The van der Waals surface area contributed by atoms with Gasteiger partial charge in [-0.25, -0.2) is 4.79 Å². The number of rotatable bonds is 4. The van der Waals surface area contributed by atoms with Crippen LogP contribution in [0.4, 0.5) is 11.4 Å². The number of benzene rings is 1. The van der Waals surface area contributed by atoms with Gasteiger partial charge in [0.2, 0.25) is 0 Å². The molecule has 7 nitrogen and oxygen atoms in total. The fourth-order valence-corrected chi connectivity index (χ4v) is 2.56. The molecule has 0 amide bonds. The smallest absolute Gasteiger partial charge is 0.338 e. The van der Waals surface area contributed by atoms with Crippen LogP contribution < -0.4 is 4.90 Å². The molecule has 120 valence electrons.